The van der Waals surface area contributed by atoms with Crippen LogP contribution in [0.5, 0.6) is 5.88 Å². The molecule has 0 unspecified atom stereocenters. The third kappa shape index (κ3) is 3.19. The van der Waals surface area contributed by atoms with Crippen molar-refractivity contribution in [2.75, 3.05) is 6.61 Å². The highest BCUT2D eigenvalue weighted by atomic mass is 19.3. The van der Waals surface area contributed by atoms with Crippen LogP contribution in [0.3, 0.4) is 0 Å². The number of alkyl halides is 2. The van der Waals surface area contributed by atoms with E-state index in [-0.39, 0.29) is 22.6 Å². The molecule has 24 heavy (non-hydrogen) atoms. The molecule has 9 heteroatoms. The number of pyridine rings is 1. The number of hydrogen-bond acceptors (Lipinski definition) is 4. The smallest absolute Gasteiger partial charge is 0.272 e. The largest absolute Gasteiger partial charge is 0.472 e. The van der Waals surface area contributed by atoms with Crippen molar-refractivity contribution in [1.82, 2.24) is 15.0 Å². The molecule has 0 spiro atoms. The van der Waals surface area contributed by atoms with Crippen LogP contribution in [0.2, 0.25) is 0 Å². The van der Waals surface area contributed by atoms with Gasteiger partial charge in [-0.3, -0.25) is 4.79 Å². The van der Waals surface area contributed by atoms with Gasteiger partial charge in [0.1, 0.15) is 5.82 Å². The van der Waals surface area contributed by atoms with Gasteiger partial charge in [-0.05, 0) is 12.1 Å². The molecule has 2 heterocycles. The van der Waals surface area contributed by atoms with Gasteiger partial charge in [0, 0.05) is 23.9 Å². The third-order valence-corrected chi connectivity index (χ3v) is 3.11. The summed E-state index contributed by atoms with van der Waals surface area (Å²) < 4.78 is 55.3. The summed E-state index contributed by atoms with van der Waals surface area (Å²) in [7, 11) is 0. The van der Waals surface area contributed by atoms with Gasteiger partial charge in [0.15, 0.2) is 18.2 Å². The predicted molar refractivity (Wildman–Crippen MR) is 77.0 cm³/mol. The predicted octanol–water partition coefficient (Wildman–Crippen LogP) is 2.91. The summed E-state index contributed by atoms with van der Waals surface area (Å²) >= 11 is 0. The molecule has 0 bridgehead atoms. The Bertz CT molecular complexity index is 942. The van der Waals surface area contributed by atoms with Gasteiger partial charge in [-0.2, -0.15) is 0 Å². The number of aromatic nitrogens is 3. The van der Waals surface area contributed by atoms with Crippen molar-refractivity contribution in [3.8, 4) is 17.3 Å². The Kier molecular flexibility index (Phi) is 4.15. The number of rotatable bonds is 4. The lowest BCUT2D eigenvalue weighted by Gasteiger charge is -2.06. The Hall–Kier alpha value is -2.97. The first-order valence-corrected chi connectivity index (χ1v) is 6.70. The number of aromatic amines is 1. The summed E-state index contributed by atoms with van der Waals surface area (Å²) in [5, 5.41) is -0.0949. The van der Waals surface area contributed by atoms with E-state index in [1.54, 1.807) is 0 Å². The molecule has 0 atom stereocenters. The third-order valence-electron chi connectivity index (χ3n) is 3.11. The lowest BCUT2D eigenvalue weighted by molar-refractivity contribution is 0.0796. The lowest BCUT2D eigenvalue weighted by Crippen LogP contribution is -2.11. The molecule has 2 aromatic heterocycles. The number of nitrogens with zero attached hydrogens (tertiary/aromatic N) is 2. The van der Waals surface area contributed by atoms with Crippen molar-refractivity contribution in [2.24, 2.45) is 0 Å². The van der Waals surface area contributed by atoms with Gasteiger partial charge in [-0.1, -0.05) is 0 Å². The molecule has 0 aliphatic heterocycles. The Balaban J connectivity index is 1.97. The van der Waals surface area contributed by atoms with E-state index in [1.807, 2.05) is 0 Å². The zero-order valence-corrected chi connectivity index (χ0v) is 11.9. The molecule has 0 saturated heterocycles. The first-order chi connectivity index (χ1) is 11.4. The van der Waals surface area contributed by atoms with Crippen molar-refractivity contribution in [2.45, 2.75) is 6.43 Å². The van der Waals surface area contributed by atoms with E-state index < -0.39 is 30.2 Å². The number of halogens is 4. The van der Waals surface area contributed by atoms with E-state index in [1.165, 1.54) is 18.3 Å². The van der Waals surface area contributed by atoms with Crippen molar-refractivity contribution in [3.63, 3.8) is 0 Å². The molecule has 0 saturated carbocycles. The van der Waals surface area contributed by atoms with Crippen molar-refractivity contribution in [1.29, 1.82) is 0 Å². The number of fused-ring (bicyclic) bond motifs is 1. The van der Waals surface area contributed by atoms with Crippen molar-refractivity contribution < 1.29 is 22.3 Å². The Morgan fingerprint density at radius 2 is 1.92 bits per heavy atom. The van der Waals surface area contributed by atoms with Gasteiger partial charge < -0.3 is 9.72 Å². The molecule has 124 valence electrons. The number of benzene rings is 1. The fraction of sp³-hybridized carbons (Fsp3) is 0.133. The first-order valence-electron chi connectivity index (χ1n) is 6.70. The summed E-state index contributed by atoms with van der Waals surface area (Å²) in [6, 6.07) is 4.35. The summed E-state index contributed by atoms with van der Waals surface area (Å²) in [6.45, 7) is -0.789. The molecule has 3 aromatic rings. The van der Waals surface area contributed by atoms with Gasteiger partial charge in [0.2, 0.25) is 5.88 Å². The normalized spacial score (nSPS) is 11.2. The van der Waals surface area contributed by atoms with E-state index in [0.717, 1.165) is 12.1 Å². The van der Waals surface area contributed by atoms with Crippen LogP contribution in [0.15, 0.2) is 35.3 Å². The Labute approximate surface area is 131 Å². The first kappa shape index (κ1) is 15.9. The van der Waals surface area contributed by atoms with Crippen LogP contribution >= 0.6 is 0 Å². The number of nitrogens with one attached hydrogen (secondary N) is 1. The molecular formula is C15H9F4N3O2. The van der Waals surface area contributed by atoms with Crippen LogP contribution in [0.25, 0.3) is 22.3 Å². The molecule has 3 rings (SSSR count). The average molecular weight is 339 g/mol. The lowest BCUT2D eigenvalue weighted by atomic mass is 10.2. The number of ether oxygens (including phenoxy) is 1. The van der Waals surface area contributed by atoms with Gasteiger partial charge in [-0.25, -0.2) is 27.5 Å². The van der Waals surface area contributed by atoms with E-state index in [2.05, 4.69) is 15.0 Å². The maximum absolute atomic E-state index is 13.3. The summed E-state index contributed by atoms with van der Waals surface area (Å²) in [6.07, 6.45) is -1.37. The standard InChI is InChI=1S/C15H9F4N3O2/c16-9-3-8-11(4-10(9)17)21-14(22-15(8)23)7-1-2-13(20-5-7)24-6-12(18)19/h1-5,12H,6H2,(H,21,22,23). The summed E-state index contributed by atoms with van der Waals surface area (Å²) in [5.41, 5.74) is -0.319. The van der Waals surface area contributed by atoms with Crippen LogP contribution in [0.4, 0.5) is 17.6 Å². The van der Waals surface area contributed by atoms with E-state index in [0.29, 0.717) is 5.56 Å². The molecule has 0 radical (unpaired) electrons. The zero-order chi connectivity index (χ0) is 17.3. The highest BCUT2D eigenvalue weighted by molar-refractivity contribution is 5.79. The van der Waals surface area contributed by atoms with E-state index in [4.69, 9.17) is 4.74 Å². The minimum absolute atomic E-state index is 0.0182. The van der Waals surface area contributed by atoms with Gasteiger partial charge >= 0.3 is 0 Å². The van der Waals surface area contributed by atoms with Crippen LogP contribution in [0, 0.1) is 11.6 Å². The maximum atomic E-state index is 13.3. The SMILES string of the molecule is O=c1[nH]c(-c2ccc(OCC(F)F)nc2)nc2cc(F)c(F)cc12. The highest BCUT2D eigenvalue weighted by Crippen LogP contribution is 2.19. The van der Waals surface area contributed by atoms with Crippen LogP contribution in [-0.4, -0.2) is 28.0 Å². The monoisotopic (exact) mass is 339 g/mol. The molecule has 1 N–H and O–H groups in total. The minimum Gasteiger partial charge on any atom is -0.472 e. The van der Waals surface area contributed by atoms with E-state index >= 15 is 0 Å². The fourth-order valence-corrected chi connectivity index (χ4v) is 2.02. The van der Waals surface area contributed by atoms with Crippen molar-refractivity contribution in [3.05, 3.63) is 52.5 Å². The Morgan fingerprint density at radius 1 is 1.17 bits per heavy atom. The fourth-order valence-electron chi connectivity index (χ4n) is 2.02. The van der Waals surface area contributed by atoms with Crippen LogP contribution in [0.1, 0.15) is 0 Å². The van der Waals surface area contributed by atoms with Crippen LogP contribution in [-0.2, 0) is 0 Å². The second-order valence-corrected chi connectivity index (χ2v) is 4.79. The number of H-pyrrole nitrogens is 1. The minimum atomic E-state index is -2.62. The Morgan fingerprint density at radius 3 is 2.58 bits per heavy atom. The molecule has 0 aliphatic rings. The second-order valence-electron chi connectivity index (χ2n) is 4.79. The summed E-state index contributed by atoms with van der Waals surface area (Å²) in [4.78, 5) is 22.3. The molecular weight excluding hydrogens is 330 g/mol. The second kappa shape index (κ2) is 6.26. The number of hydrogen-bond donors (Lipinski definition) is 1. The summed E-state index contributed by atoms with van der Waals surface area (Å²) in [5.74, 6) is -2.22. The quantitative estimate of drug-likeness (QED) is 0.742. The molecule has 5 nitrogen and oxygen atoms in total. The molecule has 0 amide bonds. The maximum Gasteiger partial charge on any atom is 0.272 e. The highest BCUT2D eigenvalue weighted by Gasteiger charge is 2.11. The van der Waals surface area contributed by atoms with Crippen molar-refractivity contribution >= 4 is 10.9 Å². The zero-order valence-electron chi connectivity index (χ0n) is 11.9. The molecule has 0 fully saturated rings. The molecule has 1 aromatic carbocycles. The van der Waals surface area contributed by atoms with Gasteiger partial charge in [0.25, 0.3) is 12.0 Å². The molecule has 0 aliphatic carbocycles. The van der Waals surface area contributed by atoms with Gasteiger partial charge in [0.05, 0.1) is 10.9 Å². The average Bonchev–Trinajstić information content (AvgIpc) is 2.55. The van der Waals surface area contributed by atoms with Gasteiger partial charge in [-0.15, -0.1) is 0 Å². The topological polar surface area (TPSA) is 67.9 Å². The van der Waals surface area contributed by atoms with E-state index in [9.17, 15) is 22.4 Å². The van der Waals surface area contributed by atoms with Crippen LogP contribution < -0.4 is 10.3 Å².